The third-order valence-corrected chi connectivity index (χ3v) is 4.42. The molecule has 20 heavy (non-hydrogen) atoms. The number of benzene rings is 1. The lowest BCUT2D eigenvalue weighted by Gasteiger charge is -2.19. The van der Waals surface area contributed by atoms with E-state index in [1.165, 1.54) is 24.8 Å². The Kier molecular flexibility index (Phi) is 5.30. The van der Waals surface area contributed by atoms with Crippen LogP contribution in [0.3, 0.4) is 0 Å². The fourth-order valence-corrected chi connectivity index (χ4v) is 3.09. The molecule has 3 nitrogen and oxygen atoms in total. The van der Waals surface area contributed by atoms with Gasteiger partial charge in [0.25, 0.3) is 0 Å². The molecule has 1 aliphatic rings. The highest BCUT2D eigenvalue weighted by Crippen LogP contribution is 2.32. The second kappa shape index (κ2) is 6.98. The van der Waals surface area contributed by atoms with E-state index in [9.17, 15) is 0 Å². The summed E-state index contributed by atoms with van der Waals surface area (Å²) in [5.41, 5.74) is 1.24. The molecule has 0 amide bonds. The van der Waals surface area contributed by atoms with E-state index in [1.807, 2.05) is 6.07 Å². The van der Waals surface area contributed by atoms with Crippen LogP contribution in [0, 0.1) is 11.8 Å². The van der Waals surface area contributed by atoms with Crippen LogP contribution in [-0.4, -0.2) is 20.8 Å². The number of hydrogen-bond acceptors (Lipinski definition) is 3. The van der Waals surface area contributed by atoms with Crippen molar-refractivity contribution in [3.63, 3.8) is 0 Å². The Bertz CT molecular complexity index is 433. The van der Waals surface area contributed by atoms with Gasteiger partial charge in [-0.05, 0) is 55.8 Å². The molecule has 3 unspecified atom stereocenters. The predicted molar refractivity (Wildman–Crippen MR) is 82.5 cm³/mol. The fraction of sp³-hybridized carbons (Fsp3) is 0.647. The Morgan fingerprint density at radius 3 is 2.55 bits per heavy atom. The van der Waals surface area contributed by atoms with Crippen LogP contribution >= 0.6 is 0 Å². The van der Waals surface area contributed by atoms with Crippen molar-refractivity contribution in [2.45, 2.75) is 39.2 Å². The zero-order valence-electron chi connectivity index (χ0n) is 13.1. The summed E-state index contributed by atoms with van der Waals surface area (Å²) in [5, 5.41) is 3.65. The van der Waals surface area contributed by atoms with Gasteiger partial charge >= 0.3 is 0 Å². The first-order valence-corrected chi connectivity index (χ1v) is 7.59. The van der Waals surface area contributed by atoms with Crippen molar-refractivity contribution in [1.29, 1.82) is 0 Å². The van der Waals surface area contributed by atoms with Crippen LogP contribution in [-0.2, 0) is 0 Å². The normalized spacial score (nSPS) is 23.6. The molecule has 0 spiro atoms. The maximum absolute atomic E-state index is 5.37. The second-order valence-corrected chi connectivity index (χ2v) is 6.03. The minimum Gasteiger partial charge on any atom is -0.493 e. The Morgan fingerprint density at radius 1 is 1.20 bits per heavy atom. The summed E-state index contributed by atoms with van der Waals surface area (Å²) in [6.07, 6.45) is 4.12. The number of hydrogen-bond donors (Lipinski definition) is 1. The minimum atomic E-state index is 0.339. The van der Waals surface area contributed by atoms with Gasteiger partial charge in [0.15, 0.2) is 11.5 Å². The Morgan fingerprint density at radius 2 is 1.95 bits per heavy atom. The zero-order chi connectivity index (χ0) is 14.5. The first-order chi connectivity index (χ1) is 9.63. The maximum atomic E-state index is 5.37. The number of ether oxygens (including phenoxy) is 2. The molecule has 1 fully saturated rings. The fourth-order valence-electron chi connectivity index (χ4n) is 3.09. The third kappa shape index (κ3) is 3.66. The van der Waals surface area contributed by atoms with Crippen LogP contribution in [0.4, 0.5) is 0 Å². The van der Waals surface area contributed by atoms with Crippen molar-refractivity contribution in [3.8, 4) is 11.5 Å². The molecule has 0 saturated heterocycles. The van der Waals surface area contributed by atoms with Crippen LogP contribution in [0.5, 0.6) is 11.5 Å². The lowest BCUT2D eigenvalue weighted by molar-refractivity contribution is 0.353. The molecule has 0 bridgehead atoms. The van der Waals surface area contributed by atoms with Crippen LogP contribution in [0.25, 0.3) is 0 Å². The maximum Gasteiger partial charge on any atom is 0.161 e. The van der Waals surface area contributed by atoms with Crippen LogP contribution in [0.15, 0.2) is 18.2 Å². The molecule has 112 valence electrons. The molecule has 0 aromatic heterocycles. The van der Waals surface area contributed by atoms with E-state index in [-0.39, 0.29) is 0 Å². The Hall–Kier alpha value is -1.22. The number of methoxy groups -OCH3 is 2. The molecule has 0 radical (unpaired) electrons. The van der Waals surface area contributed by atoms with Gasteiger partial charge in [-0.3, -0.25) is 0 Å². The Balaban J connectivity index is 1.93. The van der Waals surface area contributed by atoms with Crippen LogP contribution in [0.1, 0.15) is 44.7 Å². The molecule has 3 heteroatoms. The molecule has 3 atom stereocenters. The summed E-state index contributed by atoms with van der Waals surface area (Å²) >= 11 is 0. The summed E-state index contributed by atoms with van der Waals surface area (Å²) < 4.78 is 10.6. The van der Waals surface area contributed by atoms with E-state index in [0.717, 1.165) is 29.9 Å². The van der Waals surface area contributed by atoms with Gasteiger partial charge in [0, 0.05) is 6.04 Å². The van der Waals surface area contributed by atoms with Gasteiger partial charge in [0.05, 0.1) is 14.2 Å². The van der Waals surface area contributed by atoms with E-state index in [4.69, 9.17) is 9.47 Å². The monoisotopic (exact) mass is 277 g/mol. The number of rotatable bonds is 6. The van der Waals surface area contributed by atoms with Crippen molar-refractivity contribution in [2.24, 2.45) is 11.8 Å². The van der Waals surface area contributed by atoms with Gasteiger partial charge in [0.1, 0.15) is 0 Å². The molecule has 1 N–H and O–H groups in total. The average Bonchev–Trinajstić information content (AvgIpc) is 2.89. The highest BCUT2D eigenvalue weighted by Gasteiger charge is 2.21. The largest absolute Gasteiger partial charge is 0.493 e. The van der Waals surface area contributed by atoms with Crippen molar-refractivity contribution in [3.05, 3.63) is 23.8 Å². The summed E-state index contributed by atoms with van der Waals surface area (Å²) in [6, 6.07) is 6.49. The predicted octanol–water partition coefficient (Wildman–Crippen LogP) is 3.79. The third-order valence-electron chi connectivity index (χ3n) is 4.42. The lowest BCUT2D eigenvalue weighted by atomic mass is 10.0. The first-order valence-electron chi connectivity index (χ1n) is 7.59. The van der Waals surface area contributed by atoms with Gasteiger partial charge in [-0.15, -0.1) is 0 Å². The minimum absolute atomic E-state index is 0.339. The van der Waals surface area contributed by atoms with Gasteiger partial charge in [0.2, 0.25) is 0 Å². The summed E-state index contributed by atoms with van der Waals surface area (Å²) in [7, 11) is 3.35. The highest BCUT2D eigenvalue weighted by molar-refractivity contribution is 5.43. The Labute approximate surface area is 122 Å². The SMILES string of the molecule is COc1ccc(C(C)NCC2CCC(C)C2)cc1OC. The smallest absolute Gasteiger partial charge is 0.161 e. The summed E-state index contributed by atoms with van der Waals surface area (Å²) in [5.74, 6) is 3.33. The van der Waals surface area contributed by atoms with Gasteiger partial charge < -0.3 is 14.8 Å². The van der Waals surface area contributed by atoms with Crippen molar-refractivity contribution >= 4 is 0 Å². The number of nitrogens with one attached hydrogen (secondary N) is 1. The molecule has 0 heterocycles. The molecule has 0 aliphatic heterocycles. The van der Waals surface area contributed by atoms with E-state index in [0.29, 0.717) is 6.04 Å². The van der Waals surface area contributed by atoms with Crippen molar-refractivity contribution in [2.75, 3.05) is 20.8 Å². The van der Waals surface area contributed by atoms with E-state index < -0.39 is 0 Å². The van der Waals surface area contributed by atoms with Crippen LogP contribution < -0.4 is 14.8 Å². The molecule has 1 aliphatic carbocycles. The van der Waals surface area contributed by atoms with Crippen LogP contribution in [0.2, 0.25) is 0 Å². The van der Waals surface area contributed by atoms with Gasteiger partial charge in [-0.2, -0.15) is 0 Å². The summed E-state index contributed by atoms with van der Waals surface area (Å²) in [6.45, 7) is 5.68. The molecule has 1 aromatic rings. The van der Waals surface area contributed by atoms with Crippen molar-refractivity contribution in [1.82, 2.24) is 5.32 Å². The standard InChI is InChI=1S/C17H27NO2/c1-12-5-6-14(9-12)11-18-13(2)15-7-8-16(19-3)17(10-15)20-4/h7-8,10,12-14,18H,5-6,9,11H2,1-4H3. The van der Waals surface area contributed by atoms with Gasteiger partial charge in [-0.25, -0.2) is 0 Å². The molecular weight excluding hydrogens is 250 g/mol. The zero-order valence-corrected chi connectivity index (χ0v) is 13.1. The lowest BCUT2D eigenvalue weighted by Crippen LogP contribution is -2.24. The summed E-state index contributed by atoms with van der Waals surface area (Å²) in [4.78, 5) is 0. The quantitative estimate of drug-likeness (QED) is 0.858. The second-order valence-electron chi connectivity index (χ2n) is 6.03. The van der Waals surface area contributed by atoms with Gasteiger partial charge in [-0.1, -0.05) is 19.4 Å². The molecule has 2 rings (SSSR count). The van der Waals surface area contributed by atoms with E-state index in [2.05, 4.69) is 31.3 Å². The van der Waals surface area contributed by atoms with Crippen molar-refractivity contribution < 1.29 is 9.47 Å². The molecule has 1 aromatic carbocycles. The van der Waals surface area contributed by atoms with E-state index in [1.54, 1.807) is 14.2 Å². The topological polar surface area (TPSA) is 30.5 Å². The first kappa shape index (κ1) is 15.2. The van der Waals surface area contributed by atoms with E-state index >= 15 is 0 Å². The molecule has 1 saturated carbocycles. The molecular formula is C17H27NO2. The highest BCUT2D eigenvalue weighted by atomic mass is 16.5. The average molecular weight is 277 g/mol.